The molecule has 2 atom stereocenters. The minimum Gasteiger partial charge on any atom is -0.388 e. The zero-order valence-electron chi connectivity index (χ0n) is 6.81. The molecule has 0 aliphatic carbocycles. The van der Waals surface area contributed by atoms with Crippen molar-refractivity contribution in [3.05, 3.63) is 0 Å². The first-order chi connectivity index (χ1) is 5.65. The Bertz CT molecular complexity index is 164. The number of nitrogens with zero attached hydrogens (tertiary/aromatic N) is 1. The fourth-order valence-corrected chi connectivity index (χ4v) is 1.25. The molecular formula is C7H14N2O3. The van der Waals surface area contributed by atoms with Gasteiger partial charge in [-0.15, -0.1) is 0 Å². The van der Waals surface area contributed by atoms with Crippen LogP contribution in [-0.2, 0) is 4.79 Å². The van der Waals surface area contributed by atoms with Gasteiger partial charge in [-0.1, -0.05) is 0 Å². The van der Waals surface area contributed by atoms with Crippen LogP contribution in [0.5, 0.6) is 0 Å². The summed E-state index contributed by atoms with van der Waals surface area (Å²) in [6.45, 7) is 0.752. The van der Waals surface area contributed by atoms with Crippen LogP contribution in [0.15, 0.2) is 0 Å². The Morgan fingerprint density at radius 2 is 1.92 bits per heavy atom. The number of rotatable bonds is 2. The second-order valence-corrected chi connectivity index (χ2v) is 2.97. The van der Waals surface area contributed by atoms with Gasteiger partial charge in [-0.05, 0) is 0 Å². The SMILES string of the molecule is NCCC(=O)N1C[C@@H](O)[C@@H](O)C1. The van der Waals surface area contributed by atoms with Crippen LogP contribution in [0.25, 0.3) is 0 Å². The first-order valence-electron chi connectivity index (χ1n) is 3.99. The maximum absolute atomic E-state index is 11.2. The van der Waals surface area contributed by atoms with E-state index < -0.39 is 12.2 Å². The molecule has 5 heteroatoms. The molecule has 12 heavy (non-hydrogen) atoms. The predicted molar refractivity (Wildman–Crippen MR) is 42.3 cm³/mol. The van der Waals surface area contributed by atoms with Crippen LogP contribution in [0.4, 0.5) is 0 Å². The van der Waals surface area contributed by atoms with Crippen LogP contribution in [0, 0.1) is 0 Å². The lowest BCUT2D eigenvalue weighted by atomic mass is 10.3. The number of amides is 1. The number of β-amino-alcohol motifs (C(OH)–C–C–N with tert-alkyl or cyclic N) is 2. The van der Waals surface area contributed by atoms with E-state index in [1.165, 1.54) is 4.90 Å². The van der Waals surface area contributed by atoms with Crippen molar-refractivity contribution in [3.8, 4) is 0 Å². The molecule has 1 aliphatic rings. The second-order valence-electron chi connectivity index (χ2n) is 2.97. The molecule has 0 aromatic heterocycles. The summed E-state index contributed by atoms with van der Waals surface area (Å²) in [6, 6.07) is 0. The molecule has 0 aromatic rings. The van der Waals surface area contributed by atoms with E-state index in [-0.39, 0.29) is 25.4 Å². The number of carbonyl (C=O) groups excluding carboxylic acids is 1. The summed E-state index contributed by atoms with van der Waals surface area (Å²) in [7, 11) is 0. The molecule has 0 bridgehead atoms. The van der Waals surface area contributed by atoms with Crippen LogP contribution in [-0.4, -0.2) is 52.9 Å². The van der Waals surface area contributed by atoms with Gasteiger partial charge in [-0.2, -0.15) is 0 Å². The van der Waals surface area contributed by atoms with E-state index in [2.05, 4.69) is 0 Å². The summed E-state index contributed by atoms with van der Waals surface area (Å²) < 4.78 is 0. The van der Waals surface area contributed by atoms with E-state index >= 15 is 0 Å². The number of hydrogen-bond donors (Lipinski definition) is 3. The largest absolute Gasteiger partial charge is 0.388 e. The summed E-state index contributed by atoms with van der Waals surface area (Å²) in [5.74, 6) is -0.104. The molecular weight excluding hydrogens is 160 g/mol. The highest BCUT2D eigenvalue weighted by Gasteiger charge is 2.31. The second kappa shape index (κ2) is 3.84. The van der Waals surface area contributed by atoms with E-state index in [1.807, 2.05) is 0 Å². The van der Waals surface area contributed by atoms with Crippen molar-refractivity contribution in [2.24, 2.45) is 5.73 Å². The van der Waals surface area contributed by atoms with Gasteiger partial charge >= 0.3 is 0 Å². The highest BCUT2D eigenvalue weighted by Crippen LogP contribution is 2.10. The number of carbonyl (C=O) groups is 1. The fourth-order valence-electron chi connectivity index (χ4n) is 1.25. The third kappa shape index (κ3) is 1.94. The lowest BCUT2D eigenvalue weighted by Crippen LogP contribution is -2.31. The first kappa shape index (κ1) is 9.44. The van der Waals surface area contributed by atoms with E-state index in [0.717, 1.165) is 0 Å². The normalized spacial score (nSPS) is 29.4. The van der Waals surface area contributed by atoms with Crippen LogP contribution < -0.4 is 5.73 Å². The maximum atomic E-state index is 11.2. The number of aliphatic hydroxyl groups is 2. The van der Waals surface area contributed by atoms with Gasteiger partial charge < -0.3 is 20.8 Å². The molecule has 70 valence electrons. The van der Waals surface area contributed by atoms with Gasteiger partial charge in [0.1, 0.15) is 0 Å². The maximum Gasteiger partial charge on any atom is 0.224 e. The molecule has 1 aliphatic heterocycles. The lowest BCUT2D eigenvalue weighted by Gasteiger charge is -2.13. The molecule has 1 amide bonds. The number of aliphatic hydroxyl groups excluding tert-OH is 2. The third-order valence-electron chi connectivity index (χ3n) is 1.97. The van der Waals surface area contributed by atoms with Crippen LogP contribution in [0.3, 0.4) is 0 Å². The Morgan fingerprint density at radius 1 is 1.42 bits per heavy atom. The highest BCUT2D eigenvalue weighted by molar-refractivity contribution is 5.76. The molecule has 0 aromatic carbocycles. The van der Waals surface area contributed by atoms with Crippen LogP contribution in [0.1, 0.15) is 6.42 Å². The molecule has 1 heterocycles. The molecule has 4 N–H and O–H groups in total. The van der Waals surface area contributed by atoms with E-state index in [0.29, 0.717) is 6.54 Å². The molecule has 0 unspecified atom stereocenters. The predicted octanol–water partition coefficient (Wildman–Crippen LogP) is -2.10. The van der Waals surface area contributed by atoms with Gasteiger partial charge in [0.05, 0.1) is 12.2 Å². The summed E-state index contributed by atoms with van der Waals surface area (Å²) >= 11 is 0. The average molecular weight is 174 g/mol. The number of likely N-dealkylation sites (tertiary alicyclic amines) is 1. The Kier molecular flexibility index (Phi) is 3.02. The highest BCUT2D eigenvalue weighted by atomic mass is 16.3. The molecule has 0 radical (unpaired) electrons. The molecule has 1 fully saturated rings. The van der Waals surface area contributed by atoms with Gasteiger partial charge in [0.15, 0.2) is 0 Å². The monoisotopic (exact) mass is 174 g/mol. The Labute approximate surface area is 70.8 Å². The van der Waals surface area contributed by atoms with E-state index in [1.54, 1.807) is 0 Å². The van der Waals surface area contributed by atoms with Crippen molar-refractivity contribution in [2.45, 2.75) is 18.6 Å². The quantitative estimate of drug-likeness (QED) is 0.447. The molecule has 0 spiro atoms. The first-order valence-corrected chi connectivity index (χ1v) is 3.99. The fraction of sp³-hybridized carbons (Fsp3) is 0.857. The van der Waals surface area contributed by atoms with E-state index in [4.69, 9.17) is 15.9 Å². The van der Waals surface area contributed by atoms with Gasteiger partial charge in [-0.25, -0.2) is 0 Å². The minimum atomic E-state index is -0.799. The van der Waals surface area contributed by atoms with Crippen LogP contribution >= 0.6 is 0 Å². The van der Waals surface area contributed by atoms with Crippen molar-refractivity contribution in [1.29, 1.82) is 0 Å². The van der Waals surface area contributed by atoms with Crippen LogP contribution in [0.2, 0.25) is 0 Å². The minimum absolute atomic E-state index is 0.104. The van der Waals surface area contributed by atoms with Gasteiger partial charge in [0, 0.05) is 26.1 Å². The molecule has 1 rings (SSSR count). The zero-order valence-corrected chi connectivity index (χ0v) is 6.81. The van der Waals surface area contributed by atoms with Crippen molar-refractivity contribution >= 4 is 5.91 Å². The van der Waals surface area contributed by atoms with Crippen molar-refractivity contribution in [3.63, 3.8) is 0 Å². The smallest absolute Gasteiger partial charge is 0.224 e. The molecule has 5 nitrogen and oxygen atoms in total. The third-order valence-corrected chi connectivity index (χ3v) is 1.97. The van der Waals surface area contributed by atoms with E-state index in [9.17, 15) is 4.79 Å². The Morgan fingerprint density at radius 3 is 2.33 bits per heavy atom. The molecule has 1 saturated heterocycles. The number of nitrogens with two attached hydrogens (primary N) is 1. The summed E-state index contributed by atoms with van der Waals surface area (Å²) in [5.41, 5.74) is 5.19. The van der Waals surface area contributed by atoms with Gasteiger partial charge in [-0.3, -0.25) is 4.79 Å². The Balaban J connectivity index is 2.40. The van der Waals surface area contributed by atoms with Crippen molar-refractivity contribution in [1.82, 2.24) is 4.90 Å². The number of hydrogen-bond acceptors (Lipinski definition) is 4. The summed E-state index contributed by atoms with van der Waals surface area (Å²) in [6.07, 6.45) is -1.32. The van der Waals surface area contributed by atoms with Gasteiger partial charge in [0.25, 0.3) is 0 Å². The summed E-state index contributed by atoms with van der Waals surface area (Å²) in [4.78, 5) is 12.6. The van der Waals surface area contributed by atoms with Crippen molar-refractivity contribution in [2.75, 3.05) is 19.6 Å². The zero-order chi connectivity index (χ0) is 9.14. The lowest BCUT2D eigenvalue weighted by molar-refractivity contribution is -0.130. The van der Waals surface area contributed by atoms with Crippen molar-refractivity contribution < 1.29 is 15.0 Å². The summed E-state index contributed by atoms with van der Waals surface area (Å²) in [5, 5.41) is 18.2. The standard InChI is InChI=1S/C7H14N2O3/c8-2-1-7(12)9-3-5(10)6(11)4-9/h5-6,10-11H,1-4,8H2/t5-,6+. The molecule has 0 saturated carbocycles. The topological polar surface area (TPSA) is 86.8 Å². The Hall–Kier alpha value is -0.650. The average Bonchev–Trinajstić information content (AvgIpc) is 2.33. The van der Waals surface area contributed by atoms with Gasteiger partial charge in [0.2, 0.25) is 5.91 Å².